The molecule has 0 aliphatic carbocycles. The van der Waals surface area contributed by atoms with Crippen LogP contribution in [-0.2, 0) is 28.5 Å². The van der Waals surface area contributed by atoms with Crippen LogP contribution in [0.1, 0.15) is 6.42 Å². The fourth-order valence-corrected chi connectivity index (χ4v) is 5.02. The molecule has 5 rings (SSSR count). The van der Waals surface area contributed by atoms with E-state index in [0.29, 0.717) is 0 Å². The van der Waals surface area contributed by atoms with Crippen LogP contribution in [0.2, 0.25) is 0 Å². The number of aliphatic hydroxyl groups excluding tert-OH is 5. The number of phenolic OH excluding ortho intramolecular Hbond substituents is 5. The van der Waals surface area contributed by atoms with Gasteiger partial charge in [-0.25, -0.2) is 4.42 Å². The Balaban J connectivity index is 1.57. The van der Waals surface area contributed by atoms with Crippen molar-refractivity contribution in [3.05, 3.63) is 30.3 Å². The summed E-state index contributed by atoms with van der Waals surface area (Å²) >= 11 is 0. The number of hydrogen-bond acceptors (Lipinski definition) is 17. The number of esters is 1. The Hall–Kier alpha value is -4.73. The molecule has 11 N–H and O–H groups in total. The number of rotatable bonds is 9. The number of carboxylic acid groups (broad SMARTS) is 1. The molecule has 2 aromatic carbocycles. The highest BCUT2D eigenvalue weighted by atomic mass is 16.8. The van der Waals surface area contributed by atoms with Crippen molar-refractivity contribution in [2.75, 3.05) is 13.2 Å². The molecule has 0 amide bonds. The van der Waals surface area contributed by atoms with Gasteiger partial charge in [0, 0.05) is 24.3 Å². The van der Waals surface area contributed by atoms with E-state index in [4.69, 9.17) is 33.2 Å². The molecule has 2 aliphatic rings. The molecule has 2 aliphatic heterocycles. The Morgan fingerprint density at radius 2 is 1.52 bits per heavy atom. The molecule has 3 aromatic rings. The van der Waals surface area contributed by atoms with Crippen LogP contribution in [-0.4, -0.2) is 137 Å². The zero-order valence-corrected chi connectivity index (χ0v) is 24.4. The third-order valence-corrected chi connectivity index (χ3v) is 7.49. The third-order valence-electron chi connectivity index (χ3n) is 7.49. The Bertz CT molecular complexity index is 1650. The normalized spacial score (nSPS) is 29.0. The van der Waals surface area contributed by atoms with Gasteiger partial charge < -0.3 is 79.9 Å². The minimum atomic E-state index is -2.00. The van der Waals surface area contributed by atoms with Crippen LogP contribution >= 0.6 is 0 Å². The van der Waals surface area contributed by atoms with Crippen LogP contribution in [0, 0.1) is 0 Å². The lowest BCUT2D eigenvalue weighted by Gasteiger charge is -2.44. The summed E-state index contributed by atoms with van der Waals surface area (Å²) < 4.78 is 33.4. The molecule has 9 atom stereocenters. The van der Waals surface area contributed by atoms with Crippen LogP contribution in [0.4, 0.5) is 0 Å². The van der Waals surface area contributed by atoms with Crippen molar-refractivity contribution in [3.8, 4) is 45.8 Å². The summed E-state index contributed by atoms with van der Waals surface area (Å²) in [7, 11) is 0. The smallest absolute Gasteiger partial charge is 0.402 e. The molecule has 0 radical (unpaired) electrons. The van der Waals surface area contributed by atoms with E-state index in [1.807, 2.05) is 0 Å². The van der Waals surface area contributed by atoms with Crippen molar-refractivity contribution in [1.82, 2.24) is 0 Å². The number of carboxylic acids is 1. The molecule has 2 fully saturated rings. The number of benzene rings is 2. The van der Waals surface area contributed by atoms with E-state index in [2.05, 4.69) is 0 Å². The summed E-state index contributed by atoms with van der Waals surface area (Å²) in [6.45, 7) is -1.32. The van der Waals surface area contributed by atoms with E-state index in [9.17, 15) is 60.7 Å². The maximum Gasteiger partial charge on any atom is 0.402 e. The van der Waals surface area contributed by atoms with Crippen LogP contribution in [0.15, 0.2) is 34.7 Å². The molecule has 1 aromatic heterocycles. The minimum absolute atomic E-state index is 0.0741. The van der Waals surface area contributed by atoms with Gasteiger partial charge in [-0.3, -0.25) is 9.59 Å². The molecule has 0 spiro atoms. The van der Waals surface area contributed by atoms with Crippen molar-refractivity contribution in [1.29, 1.82) is 0 Å². The van der Waals surface area contributed by atoms with Gasteiger partial charge in [0.15, 0.2) is 29.6 Å². The summed E-state index contributed by atoms with van der Waals surface area (Å²) in [6, 6.07) is 5.12. The largest absolute Gasteiger partial charge is 0.507 e. The van der Waals surface area contributed by atoms with Crippen LogP contribution < -0.4 is 4.74 Å². The average molecular weight is 684 g/mol. The van der Waals surface area contributed by atoms with Gasteiger partial charge in [-0.1, -0.05) is 0 Å². The number of aliphatic hydroxyl groups is 5. The first kappa shape index (κ1) is 34.6. The Morgan fingerprint density at radius 1 is 0.833 bits per heavy atom. The molecule has 19 nitrogen and oxygen atoms in total. The molecule has 4 unspecified atom stereocenters. The monoisotopic (exact) mass is 683 g/mol. The van der Waals surface area contributed by atoms with Crippen molar-refractivity contribution < 1.29 is 93.9 Å². The van der Waals surface area contributed by atoms with E-state index in [1.165, 1.54) is 0 Å². The van der Waals surface area contributed by atoms with Crippen molar-refractivity contribution in [2.24, 2.45) is 0 Å². The van der Waals surface area contributed by atoms with Gasteiger partial charge >= 0.3 is 23.3 Å². The summed E-state index contributed by atoms with van der Waals surface area (Å²) in [4.78, 5) is 22.7. The van der Waals surface area contributed by atoms with Gasteiger partial charge in [-0.15, -0.1) is 0 Å². The van der Waals surface area contributed by atoms with E-state index in [1.54, 1.807) is 0 Å². The predicted octanol–water partition coefficient (Wildman–Crippen LogP) is -1.42. The zero-order chi connectivity index (χ0) is 35.0. The summed E-state index contributed by atoms with van der Waals surface area (Å²) in [5.41, 5.74) is -0.303. The van der Waals surface area contributed by atoms with E-state index >= 15 is 0 Å². The fourth-order valence-electron chi connectivity index (χ4n) is 5.02. The number of phenols is 5. The molecule has 260 valence electrons. The summed E-state index contributed by atoms with van der Waals surface area (Å²) in [5, 5.41) is 112. The highest BCUT2D eigenvalue weighted by Gasteiger charge is 2.51. The fraction of sp³-hybridized carbons (Fsp3) is 0.414. The standard InChI is InChI=1S/C29H30O19/c30-10-3-12(31)11-5-17(26(45-16(11)4-10)9-1-13(32)21(38)14(33)2-9)46-29-27(48-28-25(42)22(39)15(34)7-44-28)24(41)23(40)18(47-29)8-43-20(37)6-19(35)36/h1-5,15,18,22-25,27-29,34,39-42H,6-8H2,(H5-,30,31,32,33,35,36,38)/p+1/t15-,18?,22?,23-,24?,25-,27?,28+,29-/m1/s1. The van der Waals surface area contributed by atoms with Crippen LogP contribution in [0.25, 0.3) is 22.3 Å². The highest BCUT2D eigenvalue weighted by molar-refractivity contribution is 5.90. The van der Waals surface area contributed by atoms with Gasteiger partial charge in [0.2, 0.25) is 12.0 Å². The lowest BCUT2D eigenvalue weighted by molar-refractivity contribution is -0.345. The second kappa shape index (κ2) is 13.8. The predicted molar refractivity (Wildman–Crippen MR) is 152 cm³/mol. The second-order valence-corrected chi connectivity index (χ2v) is 10.9. The van der Waals surface area contributed by atoms with Gasteiger partial charge in [0.05, 0.1) is 18.2 Å². The topological polar surface area (TPSA) is 314 Å². The molecule has 19 heteroatoms. The van der Waals surface area contributed by atoms with Gasteiger partial charge in [-0.2, -0.15) is 0 Å². The molecular formula is C29H31O19+. The quantitative estimate of drug-likeness (QED) is 0.0533. The lowest BCUT2D eigenvalue weighted by Crippen LogP contribution is -2.64. The molecule has 3 heterocycles. The van der Waals surface area contributed by atoms with Gasteiger partial charge in [0.1, 0.15) is 66.5 Å². The minimum Gasteiger partial charge on any atom is -0.507 e. The number of hydrogen-bond donors (Lipinski definition) is 11. The highest BCUT2D eigenvalue weighted by Crippen LogP contribution is 2.45. The average Bonchev–Trinajstić information content (AvgIpc) is 3.02. The van der Waals surface area contributed by atoms with E-state index < -0.39 is 121 Å². The molecule has 0 saturated carbocycles. The zero-order valence-electron chi connectivity index (χ0n) is 24.4. The molecular weight excluding hydrogens is 652 g/mol. The number of carbonyl (C=O) groups is 2. The van der Waals surface area contributed by atoms with E-state index in [0.717, 1.165) is 30.3 Å². The van der Waals surface area contributed by atoms with Crippen molar-refractivity contribution in [2.45, 2.75) is 61.7 Å². The Morgan fingerprint density at radius 3 is 2.19 bits per heavy atom. The Labute approximate surface area is 268 Å². The van der Waals surface area contributed by atoms with Crippen molar-refractivity contribution in [3.63, 3.8) is 0 Å². The first-order valence-corrected chi connectivity index (χ1v) is 14.1. The maximum atomic E-state index is 11.9. The molecule has 2 saturated heterocycles. The number of aromatic hydroxyl groups is 5. The van der Waals surface area contributed by atoms with Crippen LogP contribution in [0.5, 0.6) is 34.5 Å². The third kappa shape index (κ3) is 7.07. The summed E-state index contributed by atoms with van der Waals surface area (Å²) in [5.74, 6) is -6.86. The van der Waals surface area contributed by atoms with Crippen molar-refractivity contribution >= 4 is 22.9 Å². The van der Waals surface area contributed by atoms with Crippen LogP contribution in [0.3, 0.4) is 0 Å². The van der Waals surface area contributed by atoms with E-state index in [-0.39, 0.29) is 22.3 Å². The lowest BCUT2D eigenvalue weighted by atomic mass is 9.98. The van der Waals surface area contributed by atoms with Gasteiger partial charge in [0.25, 0.3) is 0 Å². The SMILES string of the molecule is O=C(O)CC(=O)OCC1O[C@@H](Oc2cc3c(O)cc(O)cc3[o+]c2-c2cc(O)c(O)c(O)c2)C(O[C@@H]2OC[C@@H](O)C(O)[C@H]2O)C(O)[C@@H]1O. The maximum absolute atomic E-state index is 11.9. The summed E-state index contributed by atoms with van der Waals surface area (Å²) in [6.07, 6.45) is -17.2. The second-order valence-electron chi connectivity index (χ2n) is 10.9. The number of aliphatic carboxylic acids is 1. The number of ether oxygens (including phenoxy) is 5. The van der Waals surface area contributed by atoms with Gasteiger partial charge in [-0.05, 0) is 0 Å². The Kier molecular flexibility index (Phi) is 9.94. The first-order valence-electron chi connectivity index (χ1n) is 14.1. The number of carbonyl (C=O) groups excluding carboxylic acids is 1. The number of fused-ring (bicyclic) bond motifs is 1. The molecule has 48 heavy (non-hydrogen) atoms. The molecule has 0 bridgehead atoms. The first-order chi connectivity index (χ1) is 22.6.